The lowest BCUT2D eigenvalue weighted by molar-refractivity contribution is -0.122. The van der Waals surface area contributed by atoms with E-state index in [1.54, 1.807) is 12.3 Å². The van der Waals surface area contributed by atoms with Gasteiger partial charge in [0.2, 0.25) is 5.91 Å². The van der Waals surface area contributed by atoms with E-state index in [4.69, 9.17) is 5.73 Å². The molecule has 1 saturated heterocycles. The van der Waals surface area contributed by atoms with Crippen molar-refractivity contribution < 1.29 is 19.1 Å². The molecule has 1 aliphatic heterocycles. The average molecular weight is 589 g/mol. The number of carbonyl (C=O) groups is 2. The number of rotatable bonds is 6. The number of hydrogen-bond acceptors (Lipinski definition) is 6. The van der Waals surface area contributed by atoms with Gasteiger partial charge in [-0.15, -0.1) is 0 Å². The Morgan fingerprint density at radius 1 is 1.34 bits per heavy atom. The molecule has 0 aliphatic carbocycles. The summed E-state index contributed by atoms with van der Waals surface area (Å²) in [6, 6.07) is 9.16. The number of nitrogen functional groups attached to an aromatic ring is 1. The van der Waals surface area contributed by atoms with E-state index in [2.05, 4.69) is 43.2 Å². The van der Waals surface area contributed by atoms with E-state index in [0.717, 1.165) is 14.7 Å². The number of halogens is 2. The molecule has 1 fully saturated rings. The first-order valence-electron chi connectivity index (χ1n) is 11.1. The fourth-order valence-electron chi connectivity index (χ4n) is 4.09. The van der Waals surface area contributed by atoms with Gasteiger partial charge in [0.15, 0.2) is 0 Å². The Morgan fingerprint density at radius 2 is 2.14 bits per heavy atom. The Balaban J connectivity index is 1.56. The largest absolute Gasteiger partial charge is 0.394 e. The maximum absolute atomic E-state index is 15.0. The molecule has 0 saturated carbocycles. The number of nitrogens with one attached hydrogen (secondary N) is 2. The third-order valence-electron chi connectivity index (χ3n) is 5.95. The molecule has 10 heteroatoms. The summed E-state index contributed by atoms with van der Waals surface area (Å²) in [6.45, 7) is 2.05. The Kier molecular flexibility index (Phi) is 7.60. The van der Waals surface area contributed by atoms with Crippen molar-refractivity contribution in [2.24, 2.45) is 0 Å². The maximum Gasteiger partial charge on any atom is 0.254 e. The zero-order valence-electron chi connectivity index (χ0n) is 19.0. The normalized spacial score (nSPS) is 16.5. The van der Waals surface area contributed by atoms with Crippen molar-refractivity contribution in [3.8, 4) is 11.3 Å². The van der Waals surface area contributed by atoms with Gasteiger partial charge in [-0.2, -0.15) is 0 Å². The molecule has 5 N–H and O–H groups in total. The van der Waals surface area contributed by atoms with Crippen molar-refractivity contribution in [1.82, 2.24) is 20.6 Å². The summed E-state index contributed by atoms with van der Waals surface area (Å²) in [5.74, 6) is -1.25. The zero-order valence-corrected chi connectivity index (χ0v) is 21.2. The summed E-state index contributed by atoms with van der Waals surface area (Å²) in [7, 11) is 0. The van der Waals surface area contributed by atoms with Gasteiger partial charge in [0, 0.05) is 28.0 Å². The number of nitrogens with two attached hydrogens (primary N) is 1. The van der Waals surface area contributed by atoms with Crippen LogP contribution in [-0.4, -0.2) is 40.0 Å². The molecule has 1 aromatic heterocycles. The molecule has 2 amide bonds. The highest BCUT2D eigenvalue weighted by Gasteiger charge is 2.23. The molecule has 2 atom stereocenters. The van der Waals surface area contributed by atoms with Gasteiger partial charge in [0.1, 0.15) is 17.3 Å². The number of hydrogen-bond donors (Lipinski definition) is 4. The predicted molar refractivity (Wildman–Crippen MR) is 138 cm³/mol. The second kappa shape index (κ2) is 10.6. The summed E-state index contributed by atoms with van der Waals surface area (Å²) >= 11 is 2.17. The second-order valence-corrected chi connectivity index (χ2v) is 9.78. The summed E-state index contributed by atoms with van der Waals surface area (Å²) in [5.41, 5.74) is 8.95. The molecule has 0 bridgehead atoms. The second-order valence-electron chi connectivity index (χ2n) is 8.53. The summed E-state index contributed by atoms with van der Waals surface area (Å²) in [5, 5.41) is 15.3. The van der Waals surface area contributed by atoms with Crippen LogP contribution in [0.25, 0.3) is 11.3 Å². The Hall–Kier alpha value is -3.12. The lowest BCUT2D eigenvalue weighted by Crippen LogP contribution is -2.34. The quantitative estimate of drug-likeness (QED) is 0.327. The van der Waals surface area contributed by atoms with Crippen molar-refractivity contribution >= 4 is 40.2 Å². The Morgan fingerprint density at radius 3 is 2.80 bits per heavy atom. The summed E-state index contributed by atoms with van der Waals surface area (Å²) in [4.78, 5) is 33.1. The van der Waals surface area contributed by atoms with Crippen LogP contribution in [0.3, 0.4) is 0 Å². The third-order valence-corrected chi connectivity index (χ3v) is 6.57. The standard InChI is InChI=1S/C25H25FIN5O3/c1-13-6-16(8-17(27)7-13)21(12-33)32-25(35)18-4-2-14(9-19(18)26)23-24(28)30-11-20(31-23)15-3-5-22(34)29-10-15/h2,4,6-9,11,15,21,33H,3,5,10,12H2,1H3,(H2,28,30)(H,29,34)(H,32,35)/t15-,21+/m0/s1. The maximum atomic E-state index is 15.0. The fourth-order valence-corrected chi connectivity index (χ4v) is 4.94. The Bertz CT molecular complexity index is 1260. The minimum atomic E-state index is -0.743. The number of nitrogens with zero attached hydrogens (tertiary/aromatic N) is 2. The number of aryl methyl sites for hydroxylation is 1. The lowest BCUT2D eigenvalue weighted by atomic mass is 9.96. The SMILES string of the molecule is Cc1cc(I)cc([C@@H](CO)NC(=O)c2ccc(-c3nc([C@H]4CCC(=O)NC4)cnc3N)cc2F)c1. The van der Waals surface area contributed by atoms with E-state index in [0.29, 0.717) is 36.3 Å². The van der Waals surface area contributed by atoms with Crippen LogP contribution in [0.15, 0.2) is 42.6 Å². The molecule has 0 spiro atoms. The minimum Gasteiger partial charge on any atom is -0.394 e. The monoisotopic (exact) mass is 589 g/mol. The highest BCUT2D eigenvalue weighted by Crippen LogP contribution is 2.29. The number of benzene rings is 2. The molecule has 35 heavy (non-hydrogen) atoms. The van der Waals surface area contributed by atoms with Crippen LogP contribution in [0.4, 0.5) is 10.2 Å². The van der Waals surface area contributed by atoms with E-state index in [1.165, 1.54) is 12.1 Å². The van der Waals surface area contributed by atoms with E-state index < -0.39 is 17.8 Å². The molecule has 0 radical (unpaired) electrons. The predicted octanol–water partition coefficient (Wildman–Crippen LogP) is 3.23. The van der Waals surface area contributed by atoms with E-state index in [-0.39, 0.29) is 29.8 Å². The van der Waals surface area contributed by atoms with E-state index in [9.17, 15) is 14.7 Å². The lowest BCUT2D eigenvalue weighted by Gasteiger charge is -2.22. The van der Waals surface area contributed by atoms with Gasteiger partial charge in [0.05, 0.1) is 30.1 Å². The smallest absolute Gasteiger partial charge is 0.254 e. The van der Waals surface area contributed by atoms with Crippen LogP contribution in [0.5, 0.6) is 0 Å². The highest BCUT2D eigenvalue weighted by atomic mass is 127. The van der Waals surface area contributed by atoms with Crippen LogP contribution in [-0.2, 0) is 4.79 Å². The van der Waals surface area contributed by atoms with Crippen molar-refractivity contribution in [1.29, 1.82) is 0 Å². The summed E-state index contributed by atoms with van der Waals surface area (Å²) < 4.78 is 16.0. The summed E-state index contributed by atoms with van der Waals surface area (Å²) in [6.07, 6.45) is 2.62. The van der Waals surface area contributed by atoms with Crippen LogP contribution in [0.1, 0.15) is 52.0 Å². The van der Waals surface area contributed by atoms with E-state index in [1.807, 2.05) is 25.1 Å². The number of carbonyl (C=O) groups excluding carboxylic acids is 2. The molecule has 182 valence electrons. The van der Waals surface area contributed by atoms with Gasteiger partial charge in [-0.3, -0.25) is 9.59 Å². The first-order chi connectivity index (χ1) is 16.7. The van der Waals surface area contributed by atoms with Crippen LogP contribution < -0.4 is 16.4 Å². The first-order valence-corrected chi connectivity index (χ1v) is 12.2. The van der Waals surface area contributed by atoms with Crippen molar-refractivity contribution in [2.45, 2.75) is 31.7 Å². The molecule has 4 rings (SSSR count). The van der Waals surface area contributed by atoms with E-state index >= 15 is 4.39 Å². The van der Waals surface area contributed by atoms with Gasteiger partial charge in [-0.05, 0) is 71.3 Å². The minimum absolute atomic E-state index is 0.00128. The van der Waals surface area contributed by atoms with Gasteiger partial charge in [-0.25, -0.2) is 14.4 Å². The molecular formula is C25H25FIN5O3. The molecule has 2 aromatic carbocycles. The molecule has 8 nitrogen and oxygen atoms in total. The van der Waals surface area contributed by atoms with Crippen LogP contribution >= 0.6 is 22.6 Å². The first kappa shape index (κ1) is 25.0. The third kappa shape index (κ3) is 5.76. The number of aliphatic hydroxyl groups is 1. The van der Waals surface area contributed by atoms with Crippen LogP contribution in [0, 0.1) is 16.3 Å². The topological polar surface area (TPSA) is 130 Å². The number of aliphatic hydroxyl groups excluding tert-OH is 1. The van der Waals surface area contributed by atoms with Gasteiger partial charge in [-0.1, -0.05) is 12.1 Å². The number of anilines is 1. The van der Waals surface area contributed by atoms with Crippen LogP contribution in [0.2, 0.25) is 0 Å². The van der Waals surface area contributed by atoms with Crippen molar-refractivity contribution in [3.63, 3.8) is 0 Å². The van der Waals surface area contributed by atoms with Gasteiger partial charge >= 0.3 is 0 Å². The molecule has 1 aliphatic rings. The van der Waals surface area contributed by atoms with Gasteiger partial charge < -0.3 is 21.5 Å². The van der Waals surface area contributed by atoms with Crippen molar-refractivity contribution in [3.05, 3.63) is 74.4 Å². The fraction of sp³-hybridized carbons (Fsp3) is 0.280. The van der Waals surface area contributed by atoms with Crippen molar-refractivity contribution in [2.75, 3.05) is 18.9 Å². The molecule has 3 aromatic rings. The number of amides is 2. The number of aromatic nitrogens is 2. The number of piperidine rings is 1. The molecule has 2 heterocycles. The average Bonchev–Trinajstić information content (AvgIpc) is 2.82. The highest BCUT2D eigenvalue weighted by molar-refractivity contribution is 14.1. The van der Waals surface area contributed by atoms with Gasteiger partial charge in [0.25, 0.3) is 5.91 Å². The zero-order chi connectivity index (χ0) is 25.1. The molecular weight excluding hydrogens is 564 g/mol. The molecule has 0 unspecified atom stereocenters. The Labute approximate surface area is 215 Å².